The highest BCUT2D eigenvalue weighted by molar-refractivity contribution is 5.98. The molecule has 0 radical (unpaired) electrons. The second-order valence-electron chi connectivity index (χ2n) is 6.89. The smallest absolute Gasteiger partial charge is 0.407 e. The SMILES string of the molecule is C#Cc1ccc(-c2nnc(N[C@@H]3CCCN(C(=O)O)C3)c3ncccc23)c(O)c1. The van der Waals surface area contributed by atoms with Crippen molar-refractivity contribution in [3.05, 3.63) is 42.1 Å². The van der Waals surface area contributed by atoms with E-state index in [0.29, 0.717) is 41.2 Å². The molecule has 1 aromatic carbocycles. The van der Waals surface area contributed by atoms with Crippen molar-refractivity contribution in [1.29, 1.82) is 0 Å². The van der Waals surface area contributed by atoms with Gasteiger partial charge in [-0.15, -0.1) is 16.6 Å². The van der Waals surface area contributed by atoms with Crippen LogP contribution in [0.5, 0.6) is 5.75 Å². The van der Waals surface area contributed by atoms with Crippen molar-refractivity contribution >= 4 is 22.8 Å². The quantitative estimate of drug-likeness (QED) is 0.591. The summed E-state index contributed by atoms with van der Waals surface area (Å²) in [5.41, 5.74) is 2.18. The molecule has 0 unspecified atom stereocenters. The number of anilines is 1. The summed E-state index contributed by atoms with van der Waals surface area (Å²) in [6.45, 7) is 0.908. The monoisotopic (exact) mass is 389 g/mol. The van der Waals surface area contributed by atoms with Crippen LogP contribution in [0.15, 0.2) is 36.5 Å². The van der Waals surface area contributed by atoms with Gasteiger partial charge in [-0.2, -0.15) is 0 Å². The van der Waals surface area contributed by atoms with Crippen LogP contribution < -0.4 is 5.32 Å². The van der Waals surface area contributed by atoms with Crippen LogP contribution in [0.4, 0.5) is 10.6 Å². The van der Waals surface area contributed by atoms with E-state index in [-0.39, 0.29) is 11.8 Å². The maximum Gasteiger partial charge on any atom is 0.407 e. The second kappa shape index (κ2) is 7.64. The fourth-order valence-corrected chi connectivity index (χ4v) is 3.57. The topological polar surface area (TPSA) is 111 Å². The van der Waals surface area contributed by atoms with Crippen molar-refractivity contribution < 1.29 is 15.0 Å². The Morgan fingerprint density at radius 2 is 2.17 bits per heavy atom. The van der Waals surface area contributed by atoms with E-state index in [4.69, 9.17) is 6.42 Å². The van der Waals surface area contributed by atoms with Gasteiger partial charge in [0.05, 0.1) is 0 Å². The number of likely N-dealkylation sites (tertiary alicyclic amines) is 1. The molecule has 0 aliphatic carbocycles. The molecule has 3 heterocycles. The summed E-state index contributed by atoms with van der Waals surface area (Å²) in [6.07, 6.45) is 7.72. The van der Waals surface area contributed by atoms with Gasteiger partial charge in [-0.25, -0.2) is 4.79 Å². The van der Waals surface area contributed by atoms with E-state index in [1.807, 2.05) is 6.07 Å². The van der Waals surface area contributed by atoms with Gasteiger partial charge in [-0.1, -0.05) is 5.92 Å². The fraction of sp³-hybridized carbons (Fsp3) is 0.238. The number of nitrogens with zero attached hydrogens (tertiary/aromatic N) is 4. The fourth-order valence-electron chi connectivity index (χ4n) is 3.57. The molecule has 1 aliphatic rings. The molecule has 4 rings (SSSR count). The molecule has 8 nitrogen and oxygen atoms in total. The first-order valence-electron chi connectivity index (χ1n) is 9.22. The predicted octanol–water partition coefficient (Wildman–Crippen LogP) is 2.93. The number of rotatable bonds is 3. The second-order valence-corrected chi connectivity index (χ2v) is 6.89. The first-order valence-corrected chi connectivity index (χ1v) is 9.22. The summed E-state index contributed by atoms with van der Waals surface area (Å²) in [6, 6.07) is 8.52. The number of phenols is 1. The maximum absolute atomic E-state index is 11.3. The van der Waals surface area contributed by atoms with Crippen LogP contribution in [0.1, 0.15) is 18.4 Å². The molecular formula is C21H19N5O3. The number of aromatic nitrogens is 3. The number of pyridine rings is 1. The Bertz CT molecular complexity index is 1120. The van der Waals surface area contributed by atoms with Gasteiger partial charge in [0, 0.05) is 41.8 Å². The predicted molar refractivity (Wildman–Crippen MR) is 109 cm³/mol. The van der Waals surface area contributed by atoms with Crippen LogP contribution in [0.2, 0.25) is 0 Å². The first kappa shape index (κ1) is 18.5. The average Bonchev–Trinajstić information content (AvgIpc) is 2.74. The van der Waals surface area contributed by atoms with Gasteiger partial charge in [-0.05, 0) is 43.2 Å². The number of hydrogen-bond donors (Lipinski definition) is 3. The number of terminal acetylenes is 1. The molecule has 146 valence electrons. The maximum atomic E-state index is 11.3. The van der Waals surface area contributed by atoms with E-state index >= 15 is 0 Å². The summed E-state index contributed by atoms with van der Waals surface area (Å²) < 4.78 is 0. The molecule has 1 aliphatic heterocycles. The highest BCUT2D eigenvalue weighted by Gasteiger charge is 2.24. The van der Waals surface area contributed by atoms with Crippen LogP contribution in [0.3, 0.4) is 0 Å². The molecule has 3 N–H and O–H groups in total. The van der Waals surface area contributed by atoms with Crippen molar-refractivity contribution in [3.63, 3.8) is 0 Å². The van der Waals surface area contributed by atoms with Gasteiger partial charge in [-0.3, -0.25) is 4.98 Å². The summed E-state index contributed by atoms with van der Waals surface area (Å²) in [5, 5.41) is 32.2. The van der Waals surface area contributed by atoms with Gasteiger partial charge in [0.15, 0.2) is 5.82 Å². The lowest BCUT2D eigenvalue weighted by Gasteiger charge is -2.31. The minimum Gasteiger partial charge on any atom is -0.507 e. The van der Waals surface area contributed by atoms with E-state index in [2.05, 4.69) is 26.4 Å². The molecule has 2 aromatic heterocycles. The van der Waals surface area contributed by atoms with Crippen LogP contribution >= 0.6 is 0 Å². The first-order chi connectivity index (χ1) is 14.1. The number of phenolic OH excluding ortho intramolecular Hbond substituents is 1. The summed E-state index contributed by atoms with van der Waals surface area (Å²) in [7, 11) is 0. The third kappa shape index (κ3) is 3.62. The third-order valence-corrected chi connectivity index (χ3v) is 4.99. The zero-order valence-electron chi connectivity index (χ0n) is 15.5. The number of carboxylic acid groups (broad SMARTS) is 1. The average molecular weight is 389 g/mol. The summed E-state index contributed by atoms with van der Waals surface area (Å²) in [4.78, 5) is 17.1. The van der Waals surface area contributed by atoms with E-state index < -0.39 is 6.09 Å². The van der Waals surface area contributed by atoms with Crippen LogP contribution in [-0.2, 0) is 0 Å². The van der Waals surface area contributed by atoms with E-state index in [0.717, 1.165) is 18.2 Å². The number of benzene rings is 1. The molecular weight excluding hydrogens is 370 g/mol. The van der Waals surface area contributed by atoms with Gasteiger partial charge >= 0.3 is 6.09 Å². The van der Waals surface area contributed by atoms with Gasteiger partial charge < -0.3 is 20.4 Å². The lowest BCUT2D eigenvalue weighted by Crippen LogP contribution is -2.44. The van der Waals surface area contributed by atoms with Crippen molar-refractivity contribution in [3.8, 4) is 29.4 Å². The molecule has 3 aromatic rings. The van der Waals surface area contributed by atoms with Crippen molar-refractivity contribution in [1.82, 2.24) is 20.1 Å². The number of carbonyl (C=O) groups is 1. The lowest BCUT2D eigenvalue weighted by molar-refractivity contribution is 0.133. The normalized spacial score (nSPS) is 16.4. The zero-order chi connectivity index (χ0) is 20.4. The minimum atomic E-state index is -0.924. The van der Waals surface area contributed by atoms with Gasteiger partial charge in [0.25, 0.3) is 0 Å². The van der Waals surface area contributed by atoms with Gasteiger partial charge in [0.2, 0.25) is 0 Å². The van der Waals surface area contributed by atoms with Crippen LogP contribution in [-0.4, -0.2) is 55.5 Å². The molecule has 1 amide bonds. The molecule has 1 fully saturated rings. The highest BCUT2D eigenvalue weighted by atomic mass is 16.4. The van der Waals surface area contributed by atoms with E-state index in [1.165, 1.54) is 11.0 Å². The largest absolute Gasteiger partial charge is 0.507 e. The van der Waals surface area contributed by atoms with E-state index in [9.17, 15) is 15.0 Å². The lowest BCUT2D eigenvalue weighted by atomic mass is 10.0. The Kier molecular flexibility index (Phi) is 4.87. The van der Waals surface area contributed by atoms with Crippen molar-refractivity contribution in [2.75, 3.05) is 18.4 Å². The molecule has 1 saturated heterocycles. The Balaban J connectivity index is 1.71. The Labute approximate surface area is 167 Å². The molecule has 1 atom stereocenters. The van der Waals surface area contributed by atoms with Crippen LogP contribution in [0, 0.1) is 12.3 Å². The minimum absolute atomic E-state index is 0.0185. The zero-order valence-corrected chi connectivity index (χ0v) is 15.5. The van der Waals surface area contributed by atoms with E-state index in [1.54, 1.807) is 24.4 Å². The number of nitrogens with one attached hydrogen (secondary N) is 1. The highest BCUT2D eigenvalue weighted by Crippen LogP contribution is 2.34. The molecule has 0 spiro atoms. The Morgan fingerprint density at radius 3 is 2.93 bits per heavy atom. The van der Waals surface area contributed by atoms with Gasteiger partial charge in [0.1, 0.15) is 17.0 Å². The molecule has 8 heteroatoms. The third-order valence-electron chi connectivity index (χ3n) is 4.99. The Morgan fingerprint density at radius 1 is 1.31 bits per heavy atom. The summed E-state index contributed by atoms with van der Waals surface area (Å²) in [5.74, 6) is 2.99. The van der Waals surface area contributed by atoms with Crippen molar-refractivity contribution in [2.45, 2.75) is 18.9 Å². The molecule has 29 heavy (non-hydrogen) atoms. The Hall–Kier alpha value is -3.86. The number of aromatic hydroxyl groups is 1. The molecule has 0 saturated carbocycles. The van der Waals surface area contributed by atoms with Crippen molar-refractivity contribution in [2.24, 2.45) is 0 Å². The summed E-state index contributed by atoms with van der Waals surface area (Å²) >= 11 is 0. The number of piperidine rings is 1. The number of hydrogen-bond acceptors (Lipinski definition) is 6. The number of amides is 1. The van der Waals surface area contributed by atoms with Crippen LogP contribution in [0.25, 0.3) is 22.2 Å². The standard InChI is InChI=1S/C21H19N5O3/c1-2-13-7-8-15(17(27)11-13)18-16-6-3-9-22-19(16)20(25-24-18)23-14-5-4-10-26(12-14)21(28)29/h1,3,6-9,11,14,27H,4-5,10,12H2,(H,23,25)(H,28,29)/t14-/m1/s1. The number of fused-ring (bicyclic) bond motifs is 1. The molecule has 0 bridgehead atoms.